The molecule has 94 valence electrons. The Labute approximate surface area is 121 Å². The first-order valence-corrected chi connectivity index (χ1v) is 7.92. The van der Waals surface area contributed by atoms with Gasteiger partial charge in [-0.3, -0.25) is 0 Å². The van der Waals surface area contributed by atoms with Gasteiger partial charge in [0.05, 0.1) is 0 Å². The molecule has 1 fully saturated rings. The van der Waals surface area contributed by atoms with Crippen molar-refractivity contribution in [2.75, 3.05) is 7.05 Å². The average molecular weight is 361 g/mol. The van der Waals surface area contributed by atoms with Crippen molar-refractivity contribution < 1.29 is 0 Å². The summed E-state index contributed by atoms with van der Waals surface area (Å²) in [5.74, 6) is 0.787. The Hall–Kier alpha value is 0.140. The third kappa shape index (κ3) is 3.55. The Morgan fingerprint density at radius 3 is 2.18 bits per heavy atom. The molecule has 1 aliphatic carbocycles. The minimum Gasteiger partial charge on any atom is -0.313 e. The molecule has 0 aromatic heterocycles. The van der Waals surface area contributed by atoms with Gasteiger partial charge in [-0.2, -0.15) is 0 Å². The molecular weight excluding hydrogens is 342 g/mol. The zero-order valence-electron chi connectivity index (χ0n) is 10.2. The van der Waals surface area contributed by atoms with Crippen molar-refractivity contribution in [2.24, 2.45) is 5.92 Å². The van der Waals surface area contributed by atoms with E-state index >= 15 is 0 Å². The van der Waals surface area contributed by atoms with Gasteiger partial charge in [0.2, 0.25) is 0 Å². The standard InChI is InChI=1S/C14H19Br2N/c1-17-14(10-5-3-2-4-6-10)11-7-12(15)9-13(16)8-11/h7-10,14,17H,2-6H2,1H3. The summed E-state index contributed by atoms with van der Waals surface area (Å²) in [7, 11) is 2.08. The van der Waals surface area contributed by atoms with Crippen LogP contribution in [0, 0.1) is 5.92 Å². The molecule has 1 aromatic carbocycles. The van der Waals surface area contributed by atoms with Crippen LogP contribution in [0.5, 0.6) is 0 Å². The van der Waals surface area contributed by atoms with E-state index < -0.39 is 0 Å². The van der Waals surface area contributed by atoms with E-state index in [0.29, 0.717) is 6.04 Å². The van der Waals surface area contributed by atoms with Gasteiger partial charge in [0, 0.05) is 15.0 Å². The smallest absolute Gasteiger partial charge is 0.0346 e. The first kappa shape index (κ1) is 13.6. The molecule has 0 radical (unpaired) electrons. The molecule has 1 aromatic rings. The van der Waals surface area contributed by atoms with Crippen LogP contribution in [0.25, 0.3) is 0 Å². The Morgan fingerprint density at radius 1 is 1.06 bits per heavy atom. The van der Waals surface area contributed by atoms with Crippen LogP contribution >= 0.6 is 31.9 Å². The summed E-state index contributed by atoms with van der Waals surface area (Å²) in [5.41, 5.74) is 1.39. The van der Waals surface area contributed by atoms with E-state index in [2.05, 4.69) is 62.4 Å². The highest BCUT2D eigenvalue weighted by Gasteiger charge is 2.24. The molecule has 1 N–H and O–H groups in total. The lowest BCUT2D eigenvalue weighted by molar-refractivity contribution is 0.281. The second-order valence-electron chi connectivity index (χ2n) is 4.87. The molecule has 3 heteroatoms. The Bertz CT molecular complexity index is 352. The first-order valence-electron chi connectivity index (χ1n) is 6.34. The molecule has 0 saturated heterocycles. The number of halogens is 2. The number of rotatable bonds is 3. The highest BCUT2D eigenvalue weighted by molar-refractivity contribution is 9.11. The second kappa shape index (κ2) is 6.35. The summed E-state index contributed by atoms with van der Waals surface area (Å²) in [6, 6.07) is 7.06. The summed E-state index contributed by atoms with van der Waals surface area (Å²) in [6.45, 7) is 0. The summed E-state index contributed by atoms with van der Waals surface area (Å²) in [6.07, 6.45) is 6.90. The third-order valence-electron chi connectivity index (χ3n) is 3.68. The third-order valence-corrected chi connectivity index (χ3v) is 4.59. The van der Waals surface area contributed by atoms with Gasteiger partial charge in [-0.15, -0.1) is 0 Å². The summed E-state index contributed by atoms with van der Waals surface area (Å²) in [5, 5.41) is 3.50. The quantitative estimate of drug-likeness (QED) is 0.794. The molecule has 0 bridgehead atoms. The molecule has 1 unspecified atom stereocenters. The number of hydrogen-bond donors (Lipinski definition) is 1. The van der Waals surface area contributed by atoms with Crippen molar-refractivity contribution in [2.45, 2.75) is 38.1 Å². The molecule has 0 heterocycles. The van der Waals surface area contributed by atoms with E-state index in [1.54, 1.807) is 0 Å². The largest absolute Gasteiger partial charge is 0.313 e. The van der Waals surface area contributed by atoms with E-state index in [4.69, 9.17) is 0 Å². The molecule has 0 aliphatic heterocycles. The molecule has 1 aliphatic rings. The van der Waals surface area contributed by atoms with Gasteiger partial charge in [-0.1, -0.05) is 51.1 Å². The number of benzene rings is 1. The maximum absolute atomic E-state index is 3.58. The molecule has 0 spiro atoms. The van der Waals surface area contributed by atoms with Crippen molar-refractivity contribution in [3.8, 4) is 0 Å². The monoisotopic (exact) mass is 359 g/mol. The zero-order chi connectivity index (χ0) is 12.3. The number of hydrogen-bond acceptors (Lipinski definition) is 1. The fourth-order valence-electron chi connectivity index (χ4n) is 2.90. The Morgan fingerprint density at radius 2 is 1.65 bits per heavy atom. The lowest BCUT2D eigenvalue weighted by atomic mass is 9.81. The fourth-order valence-corrected chi connectivity index (χ4v) is 4.23. The van der Waals surface area contributed by atoms with Crippen LogP contribution in [0.2, 0.25) is 0 Å². The van der Waals surface area contributed by atoms with Crippen LogP contribution < -0.4 is 5.32 Å². The van der Waals surface area contributed by atoms with E-state index in [0.717, 1.165) is 14.9 Å². The highest BCUT2D eigenvalue weighted by Crippen LogP contribution is 2.36. The van der Waals surface area contributed by atoms with Crippen molar-refractivity contribution in [1.82, 2.24) is 5.32 Å². The van der Waals surface area contributed by atoms with E-state index in [-0.39, 0.29) is 0 Å². The van der Waals surface area contributed by atoms with Crippen molar-refractivity contribution in [3.05, 3.63) is 32.7 Å². The van der Waals surface area contributed by atoms with Crippen molar-refractivity contribution >= 4 is 31.9 Å². The van der Waals surface area contributed by atoms with Gasteiger partial charge in [-0.25, -0.2) is 0 Å². The minimum absolute atomic E-state index is 0.490. The summed E-state index contributed by atoms with van der Waals surface area (Å²) in [4.78, 5) is 0. The van der Waals surface area contributed by atoms with Gasteiger partial charge in [-0.05, 0) is 49.6 Å². The van der Waals surface area contributed by atoms with E-state index in [1.165, 1.54) is 37.7 Å². The normalized spacial score (nSPS) is 19.2. The summed E-state index contributed by atoms with van der Waals surface area (Å²) < 4.78 is 2.30. The van der Waals surface area contributed by atoms with Crippen LogP contribution in [0.1, 0.15) is 43.7 Å². The lowest BCUT2D eigenvalue weighted by Crippen LogP contribution is -2.26. The fraction of sp³-hybridized carbons (Fsp3) is 0.571. The maximum atomic E-state index is 3.58. The molecule has 17 heavy (non-hydrogen) atoms. The molecule has 0 amide bonds. The highest BCUT2D eigenvalue weighted by atomic mass is 79.9. The maximum Gasteiger partial charge on any atom is 0.0346 e. The zero-order valence-corrected chi connectivity index (χ0v) is 13.4. The van der Waals surface area contributed by atoms with Gasteiger partial charge in [0.25, 0.3) is 0 Å². The summed E-state index contributed by atoms with van der Waals surface area (Å²) >= 11 is 7.15. The van der Waals surface area contributed by atoms with Crippen LogP contribution in [0.3, 0.4) is 0 Å². The van der Waals surface area contributed by atoms with Gasteiger partial charge < -0.3 is 5.32 Å². The topological polar surface area (TPSA) is 12.0 Å². The predicted molar refractivity (Wildman–Crippen MR) is 80.2 cm³/mol. The SMILES string of the molecule is CNC(c1cc(Br)cc(Br)c1)C1CCCCC1. The second-order valence-corrected chi connectivity index (χ2v) is 6.70. The average Bonchev–Trinajstić information content (AvgIpc) is 2.30. The number of nitrogens with one attached hydrogen (secondary N) is 1. The van der Waals surface area contributed by atoms with E-state index in [9.17, 15) is 0 Å². The molecule has 1 saturated carbocycles. The lowest BCUT2D eigenvalue weighted by Gasteiger charge is -2.30. The Balaban J connectivity index is 2.21. The minimum atomic E-state index is 0.490. The first-order chi connectivity index (χ1) is 8.20. The van der Waals surface area contributed by atoms with Gasteiger partial charge in [0.1, 0.15) is 0 Å². The van der Waals surface area contributed by atoms with Gasteiger partial charge >= 0.3 is 0 Å². The Kier molecular flexibility index (Phi) is 5.07. The van der Waals surface area contributed by atoms with Crippen LogP contribution in [0.15, 0.2) is 27.1 Å². The molecule has 1 atom stereocenters. The van der Waals surface area contributed by atoms with E-state index in [1.807, 2.05) is 0 Å². The predicted octanol–water partition coefficient (Wildman–Crippen LogP) is 5.05. The van der Waals surface area contributed by atoms with Crippen LogP contribution in [0.4, 0.5) is 0 Å². The molecule has 2 rings (SSSR count). The van der Waals surface area contributed by atoms with Crippen LogP contribution in [-0.2, 0) is 0 Å². The molecule has 1 nitrogen and oxygen atoms in total. The van der Waals surface area contributed by atoms with Gasteiger partial charge in [0.15, 0.2) is 0 Å². The molecular formula is C14H19Br2N. The van der Waals surface area contributed by atoms with Crippen molar-refractivity contribution in [1.29, 1.82) is 0 Å². The van der Waals surface area contributed by atoms with Crippen molar-refractivity contribution in [3.63, 3.8) is 0 Å². The van der Waals surface area contributed by atoms with Crippen LogP contribution in [-0.4, -0.2) is 7.05 Å².